The number of nitrogens with one attached hydrogen (secondary N) is 1. The van der Waals surface area contributed by atoms with Crippen LogP contribution in [0.25, 0.3) is 0 Å². The van der Waals surface area contributed by atoms with Crippen molar-refractivity contribution in [3.05, 3.63) is 11.7 Å². The lowest BCUT2D eigenvalue weighted by atomic mass is 9.93. The molecule has 5 nitrogen and oxygen atoms in total. The highest BCUT2D eigenvalue weighted by atomic mass is 35.5. The fraction of sp³-hybridized carbons (Fsp3) is 0.867. The molecule has 0 aliphatic carbocycles. The highest BCUT2D eigenvalue weighted by molar-refractivity contribution is 5.85. The molecule has 0 bridgehead atoms. The summed E-state index contributed by atoms with van der Waals surface area (Å²) in [5, 5.41) is 7.34. The van der Waals surface area contributed by atoms with Crippen LogP contribution in [0.15, 0.2) is 4.52 Å². The van der Waals surface area contributed by atoms with Crippen molar-refractivity contribution in [2.75, 3.05) is 26.7 Å². The summed E-state index contributed by atoms with van der Waals surface area (Å²) in [4.78, 5) is 6.95. The number of hydrogen-bond donors (Lipinski definition) is 1. The summed E-state index contributed by atoms with van der Waals surface area (Å²) in [6.45, 7) is 10.5. The second-order valence-corrected chi connectivity index (χ2v) is 6.88. The zero-order valence-corrected chi connectivity index (χ0v) is 14.5. The molecule has 2 rings (SSSR count). The Balaban J connectivity index is 0.00000220. The first-order chi connectivity index (χ1) is 9.49. The first-order valence-electron chi connectivity index (χ1n) is 7.69. The van der Waals surface area contributed by atoms with Crippen LogP contribution in [0.5, 0.6) is 0 Å². The van der Waals surface area contributed by atoms with Gasteiger partial charge in [0.2, 0.25) is 5.89 Å². The monoisotopic (exact) mass is 316 g/mol. The number of nitrogens with zero attached hydrogens (tertiary/aromatic N) is 3. The van der Waals surface area contributed by atoms with Gasteiger partial charge in [0.15, 0.2) is 5.82 Å². The second kappa shape index (κ2) is 8.11. The lowest BCUT2D eigenvalue weighted by molar-refractivity contribution is 0.167. The summed E-state index contributed by atoms with van der Waals surface area (Å²) < 4.78 is 5.35. The molecule has 1 fully saturated rings. The molecule has 21 heavy (non-hydrogen) atoms. The Morgan fingerprint density at radius 3 is 2.48 bits per heavy atom. The maximum absolute atomic E-state index is 5.35. The van der Waals surface area contributed by atoms with E-state index in [0.29, 0.717) is 0 Å². The fourth-order valence-corrected chi connectivity index (χ4v) is 2.60. The van der Waals surface area contributed by atoms with E-state index in [4.69, 9.17) is 4.52 Å². The standard InChI is InChI=1S/C15H28N4O.ClH/c1-15(2,3)14-17-13(18-20-14)11-19-9-6-12(7-10-19)5-8-16-4;/h12,16H,5-11H2,1-4H3;1H. The van der Waals surface area contributed by atoms with E-state index < -0.39 is 0 Å². The average Bonchev–Trinajstić information content (AvgIpc) is 2.86. The Labute approximate surface area is 134 Å². The highest BCUT2D eigenvalue weighted by Gasteiger charge is 2.24. The normalized spacial score (nSPS) is 17.7. The van der Waals surface area contributed by atoms with Crippen molar-refractivity contribution in [1.82, 2.24) is 20.4 Å². The molecular weight excluding hydrogens is 288 g/mol. The Bertz CT molecular complexity index is 408. The molecule has 0 saturated carbocycles. The summed E-state index contributed by atoms with van der Waals surface area (Å²) in [5.74, 6) is 2.43. The van der Waals surface area contributed by atoms with Gasteiger partial charge >= 0.3 is 0 Å². The zero-order valence-electron chi connectivity index (χ0n) is 13.7. The van der Waals surface area contributed by atoms with Crippen molar-refractivity contribution in [2.24, 2.45) is 5.92 Å². The van der Waals surface area contributed by atoms with Gasteiger partial charge in [-0.3, -0.25) is 4.90 Å². The van der Waals surface area contributed by atoms with Crippen molar-refractivity contribution in [1.29, 1.82) is 0 Å². The Morgan fingerprint density at radius 2 is 1.95 bits per heavy atom. The molecular formula is C15H29ClN4O. The number of halogens is 1. The Kier molecular flexibility index (Phi) is 7.10. The molecule has 1 aliphatic heterocycles. The van der Waals surface area contributed by atoms with Gasteiger partial charge in [0.25, 0.3) is 0 Å². The first-order valence-corrected chi connectivity index (χ1v) is 7.69. The SMILES string of the molecule is CNCCC1CCN(Cc2noc(C(C)(C)C)n2)CC1.Cl. The molecule has 1 aromatic rings. The molecule has 1 saturated heterocycles. The van der Waals surface area contributed by atoms with Gasteiger partial charge in [0.1, 0.15) is 0 Å². The van der Waals surface area contributed by atoms with Crippen molar-refractivity contribution >= 4 is 12.4 Å². The number of aromatic nitrogens is 2. The van der Waals surface area contributed by atoms with E-state index in [2.05, 4.69) is 41.1 Å². The predicted octanol–water partition coefficient (Wildman–Crippen LogP) is 2.61. The molecule has 0 amide bonds. The maximum atomic E-state index is 5.35. The van der Waals surface area contributed by atoms with Gasteiger partial charge in [-0.2, -0.15) is 4.98 Å². The van der Waals surface area contributed by atoms with E-state index in [-0.39, 0.29) is 17.8 Å². The summed E-state index contributed by atoms with van der Waals surface area (Å²) in [5.41, 5.74) is -0.0641. The third-order valence-electron chi connectivity index (χ3n) is 3.98. The van der Waals surface area contributed by atoms with Gasteiger partial charge in [-0.1, -0.05) is 25.9 Å². The van der Waals surface area contributed by atoms with Crippen LogP contribution in [0.4, 0.5) is 0 Å². The molecule has 0 aromatic carbocycles. The lowest BCUT2D eigenvalue weighted by Crippen LogP contribution is -2.34. The van der Waals surface area contributed by atoms with Crippen molar-refractivity contribution in [3.8, 4) is 0 Å². The molecule has 1 aliphatic rings. The lowest BCUT2D eigenvalue weighted by Gasteiger charge is -2.31. The van der Waals surface area contributed by atoms with Crippen LogP contribution in [0.1, 0.15) is 51.7 Å². The number of hydrogen-bond acceptors (Lipinski definition) is 5. The largest absolute Gasteiger partial charge is 0.339 e. The average molecular weight is 317 g/mol. The summed E-state index contributed by atoms with van der Waals surface area (Å²) >= 11 is 0. The van der Waals surface area contributed by atoms with Gasteiger partial charge in [0.05, 0.1) is 6.54 Å². The highest BCUT2D eigenvalue weighted by Crippen LogP contribution is 2.23. The maximum Gasteiger partial charge on any atom is 0.232 e. The van der Waals surface area contributed by atoms with E-state index in [1.807, 2.05) is 7.05 Å². The summed E-state index contributed by atoms with van der Waals surface area (Å²) in [6, 6.07) is 0. The quantitative estimate of drug-likeness (QED) is 0.905. The van der Waals surface area contributed by atoms with E-state index in [9.17, 15) is 0 Å². The molecule has 0 radical (unpaired) electrons. The number of likely N-dealkylation sites (tertiary alicyclic amines) is 1. The van der Waals surface area contributed by atoms with Gasteiger partial charge in [-0.05, 0) is 51.9 Å². The summed E-state index contributed by atoms with van der Waals surface area (Å²) in [7, 11) is 2.03. The van der Waals surface area contributed by atoms with Crippen LogP contribution in [-0.2, 0) is 12.0 Å². The fourth-order valence-electron chi connectivity index (χ4n) is 2.60. The topological polar surface area (TPSA) is 54.2 Å². The zero-order chi connectivity index (χ0) is 14.6. The molecule has 0 unspecified atom stereocenters. The van der Waals surface area contributed by atoms with Crippen molar-refractivity contribution in [2.45, 2.75) is 52.0 Å². The molecule has 0 spiro atoms. The molecule has 0 atom stereocenters. The van der Waals surface area contributed by atoms with Crippen LogP contribution in [0.2, 0.25) is 0 Å². The third kappa shape index (κ3) is 5.57. The molecule has 2 heterocycles. The molecule has 6 heteroatoms. The summed E-state index contributed by atoms with van der Waals surface area (Å²) in [6.07, 6.45) is 3.86. The second-order valence-electron chi connectivity index (χ2n) is 6.88. The van der Waals surface area contributed by atoms with Crippen LogP contribution in [0, 0.1) is 5.92 Å². The first kappa shape index (κ1) is 18.4. The van der Waals surface area contributed by atoms with Crippen molar-refractivity contribution < 1.29 is 4.52 Å². The van der Waals surface area contributed by atoms with Crippen LogP contribution < -0.4 is 5.32 Å². The number of rotatable bonds is 5. The van der Waals surface area contributed by atoms with Gasteiger partial charge in [-0.15, -0.1) is 12.4 Å². The van der Waals surface area contributed by atoms with Gasteiger partial charge in [0, 0.05) is 5.41 Å². The van der Waals surface area contributed by atoms with E-state index in [1.54, 1.807) is 0 Å². The Hall–Kier alpha value is -0.650. The van der Waals surface area contributed by atoms with Crippen LogP contribution in [0.3, 0.4) is 0 Å². The Morgan fingerprint density at radius 1 is 1.29 bits per heavy atom. The van der Waals surface area contributed by atoms with E-state index in [0.717, 1.165) is 43.8 Å². The minimum atomic E-state index is -0.0641. The minimum absolute atomic E-state index is 0. The van der Waals surface area contributed by atoms with Crippen LogP contribution in [-0.4, -0.2) is 41.7 Å². The smallest absolute Gasteiger partial charge is 0.232 e. The number of piperidine rings is 1. The van der Waals surface area contributed by atoms with Crippen molar-refractivity contribution in [3.63, 3.8) is 0 Å². The predicted molar refractivity (Wildman–Crippen MR) is 86.8 cm³/mol. The van der Waals surface area contributed by atoms with E-state index >= 15 is 0 Å². The molecule has 1 N–H and O–H groups in total. The minimum Gasteiger partial charge on any atom is -0.339 e. The van der Waals surface area contributed by atoms with Crippen LogP contribution >= 0.6 is 12.4 Å². The molecule has 122 valence electrons. The van der Waals surface area contributed by atoms with E-state index in [1.165, 1.54) is 19.3 Å². The third-order valence-corrected chi connectivity index (χ3v) is 3.98. The van der Waals surface area contributed by atoms with Gasteiger partial charge < -0.3 is 9.84 Å². The molecule has 1 aromatic heterocycles. The van der Waals surface area contributed by atoms with Gasteiger partial charge in [-0.25, -0.2) is 0 Å².